The molecule has 2 fully saturated rings. The lowest BCUT2D eigenvalue weighted by atomic mass is 10.1. The van der Waals surface area contributed by atoms with Crippen LogP contribution in [0.2, 0.25) is 0 Å². The molecule has 0 spiro atoms. The minimum Gasteiger partial charge on any atom is -0.497 e. The number of nitrogens with zero attached hydrogens (tertiary/aromatic N) is 3. The zero-order valence-corrected chi connectivity index (χ0v) is 17.1. The Hall–Kier alpha value is -3.30. The molecule has 2 saturated heterocycles. The summed E-state index contributed by atoms with van der Waals surface area (Å²) in [5.74, 6) is -0.155. The predicted molar refractivity (Wildman–Crippen MR) is 104 cm³/mol. The number of imide groups is 2. The average molecular weight is 403 g/mol. The molecule has 6 amide bonds. The molecule has 0 atom stereocenters. The molecule has 2 aliphatic rings. The normalized spacial score (nSPS) is 20.0. The second kappa shape index (κ2) is 6.94. The van der Waals surface area contributed by atoms with E-state index in [0.717, 1.165) is 9.80 Å². The lowest BCUT2D eigenvalue weighted by molar-refractivity contribution is -0.130. The van der Waals surface area contributed by atoms with E-state index in [0.29, 0.717) is 11.4 Å². The Morgan fingerprint density at radius 2 is 1.24 bits per heavy atom. The molecule has 0 aliphatic carbocycles. The minimum absolute atomic E-state index is 0.127. The first-order chi connectivity index (χ1) is 13.5. The molecule has 1 aromatic carbocycles. The lowest BCUT2D eigenvalue weighted by Crippen LogP contribution is -2.49. The Balaban J connectivity index is 1.90. The third-order valence-electron chi connectivity index (χ3n) is 4.95. The third-order valence-corrected chi connectivity index (χ3v) is 4.95. The van der Waals surface area contributed by atoms with Crippen LogP contribution in [0.4, 0.5) is 15.3 Å². The van der Waals surface area contributed by atoms with Crippen molar-refractivity contribution in [2.24, 2.45) is 0 Å². The summed E-state index contributed by atoms with van der Waals surface area (Å²) in [6.07, 6.45) is 0. The number of nitrogens with one attached hydrogen (secondary N) is 2. The summed E-state index contributed by atoms with van der Waals surface area (Å²) >= 11 is 0. The van der Waals surface area contributed by atoms with Crippen LogP contribution in [0.5, 0.6) is 5.75 Å². The van der Waals surface area contributed by atoms with Crippen LogP contribution >= 0.6 is 0 Å². The van der Waals surface area contributed by atoms with Gasteiger partial charge in [-0.3, -0.25) is 9.59 Å². The Bertz CT molecular complexity index is 816. The van der Waals surface area contributed by atoms with Crippen molar-refractivity contribution in [2.45, 2.75) is 38.8 Å². The first-order valence-electron chi connectivity index (χ1n) is 9.13. The van der Waals surface area contributed by atoms with Gasteiger partial charge < -0.3 is 20.3 Å². The van der Waals surface area contributed by atoms with Gasteiger partial charge in [-0.1, -0.05) is 0 Å². The highest BCUT2D eigenvalue weighted by molar-refractivity contribution is 6.07. The van der Waals surface area contributed by atoms with E-state index in [-0.39, 0.29) is 13.3 Å². The van der Waals surface area contributed by atoms with Gasteiger partial charge in [-0.25, -0.2) is 19.4 Å². The van der Waals surface area contributed by atoms with Gasteiger partial charge in [0.25, 0.3) is 11.8 Å². The highest BCUT2D eigenvalue weighted by Gasteiger charge is 2.47. The molecule has 0 saturated carbocycles. The van der Waals surface area contributed by atoms with Gasteiger partial charge in [-0.2, -0.15) is 0 Å². The monoisotopic (exact) mass is 403 g/mol. The van der Waals surface area contributed by atoms with Gasteiger partial charge >= 0.3 is 12.1 Å². The molecule has 0 bridgehead atoms. The number of anilines is 1. The molecule has 29 heavy (non-hydrogen) atoms. The lowest BCUT2D eigenvalue weighted by Gasteiger charge is -2.31. The molecule has 0 radical (unpaired) electrons. The number of carbonyl (C=O) groups is 4. The Labute approximate surface area is 168 Å². The van der Waals surface area contributed by atoms with E-state index in [1.165, 1.54) is 7.11 Å². The van der Waals surface area contributed by atoms with Crippen LogP contribution in [0.3, 0.4) is 0 Å². The number of hydrogen-bond donors (Lipinski definition) is 2. The van der Waals surface area contributed by atoms with Crippen molar-refractivity contribution < 1.29 is 23.9 Å². The summed E-state index contributed by atoms with van der Waals surface area (Å²) in [5.41, 5.74) is -1.43. The van der Waals surface area contributed by atoms with Gasteiger partial charge in [-0.05, 0) is 52.0 Å². The average Bonchev–Trinajstić information content (AvgIpc) is 2.97. The number of urea groups is 2. The molecular weight excluding hydrogens is 378 g/mol. The quantitative estimate of drug-likeness (QED) is 0.688. The highest BCUT2D eigenvalue weighted by Crippen LogP contribution is 2.25. The van der Waals surface area contributed by atoms with Gasteiger partial charge in [-0.15, -0.1) is 0 Å². The molecule has 10 heteroatoms. The molecule has 1 aromatic rings. The van der Waals surface area contributed by atoms with Crippen LogP contribution in [0.15, 0.2) is 24.3 Å². The van der Waals surface area contributed by atoms with Crippen LogP contribution in [-0.4, -0.2) is 65.2 Å². The number of rotatable bonds is 6. The van der Waals surface area contributed by atoms with E-state index < -0.39 is 35.0 Å². The largest absolute Gasteiger partial charge is 0.497 e. The van der Waals surface area contributed by atoms with Crippen molar-refractivity contribution in [2.75, 3.05) is 25.3 Å². The van der Waals surface area contributed by atoms with E-state index >= 15 is 0 Å². The standard InChI is InChI=1S/C19H25N5O5/c1-18(2)14(25)23(16(27)20-18)10-22(12-6-8-13(29-5)9-7-12)11-24-15(26)19(3,4)21-17(24)28/h6-9H,10-11H2,1-5H3,(H,20,27)(H,21,28). The van der Waals surface area contributed by atoms with Gasteiger partial charge in [0.1, 0.15) is 30.2 Å². The topological polar surface area (TPSA) is 111 Å². The second-order valence-electron chi connectivity index (χ2n) is 8.10. The summed E-state index contributed by atoms with van der Waals surface area (Å²) in [4.78, 5) is 53.6. The van der Waals surface area contributed by atoms with E-state index in [1.54, 1.807) is 56.9 Å². The van der Waals surface area contributed by atoms with Gasteiger partial charge in [0.05, 0.1) is 7.11 Å². The van der Waals surface area contributed by atoms with Crippen LogP contribution in [-0.2, 0) is 9.59 Å². The number of amides is 6. The van der Waals surface area contributed by atoms with Gasteiger partial charge in [0.2, 0.25) is 0 Å². The van der Waals surface area contributed by atoms with Crippen molar-refractivity contribution in [3.8, 4) is 5.75 Å². The highest BCUT2D eigenvalue weighted by atomic mass is 16.5. The Morgan fingerprint density at radius 1 is 0.828 bits per heavy atom. The number of benzene rings is 1. The Morgan fingerprint density at radius 3 is 1.55 bits per heavy atom. The first kappa shape index (κ1) is 20.4. The van der Waals surface area contributed by atoms with Crippen LogP contribution < -0.4 is 20.3 Å². The molecular formula is C19H25N5O5. The molecule has 0 aromatic heterocycles. The predicted octanol–water partition coefficient (Wildman–Crippen LogP) is 1.08. The maximum atomic E-state index is 12.6. The third kappa shape index (κ3) is 3.69. The molecule has 2 N–H and O–H groups in total. The fourth-order valence-corrected chi connectivity index (χ4v) is 3.24. The number of hydrogen-bond acceptors (Lipinski definition) is 6. The van der Waals surface area contributed by atoms with Crippen molar-refractivity contribution in [1.82, 2.24) is 20.4 Å². The number of methoxy groups -OCH3 is 1. The van der Waals surface area contributed by atoms with E-state index in [9.17, 15) is 19.2 Å². The zero-order chi connectivity index (χ0) is 21.6. The van der Waals surface area contributed by atoms with Gasteiger partial charge in [0.15, 0.2) is 0 Å². The van der Waals surface area contributed by atoms with E-state index in [4.69, 9.17) is 4.74 Å². The maximum absolute atomic E-state index is 12.6. The molecule has 3 rings (SSSR count). The van der Waals surface area contributed by atoms with Crippen molar-refractivity contribution in [1.29, 1.82) is 0 Å². The molecule has 2 heterocycles. The second-order valence-corrected chi connectivity index (χ2v) is 8.10. The molecule has 156 valence electrons. The number of ether oxygens (including phenoxy) is 1. The summed E-state index contributed by atoms with van der Waals surface area (Å²) < 4.78 is 5.16. The minimum atomic E-state index is -1.02. The summed E-state index contributed by atoms with van der Waals surface area (Å²) in [7, 11) is 1.54. The fraction of sp³-hybridized carbons (Fsp3) is 0.474. The van der Waals surface area contributed by atoms with E-state index in [2.05, 4.69) is 10.6 Å². The smallest absolute Gasteiger partial charge is 0.326 e. The number of carbonyl (C=O) groups excluding carboxylic acids is 4. The maximum Gasteiger partial charge on any atom is 0.326 e. The van der Waals surface area contributed by atoms with Crippen LogP contribution in [0.25, 0.3) is 0 Å². The first-order valence-corrected chi connectivity index (χ1v) is 9.13. The fourth-order valence-electron chi connectivity index (χ4n) is 3.24. The van der Waals surface area contributed by atoms with E-state index in [1.807, 2.05) is 0 Å². The van der Waals surface area contributed by atoms with Crippen LogP contribution in [0.1, 0.15) is 27.7 Å². The summed E-state index contributed by atoms with van der Waals surface area (Å²) in [6.45, 7) is 6.21. The van der Waals surface area contributed by atoms with Crippen molar-refractivity contribution >= 4 is 29.6 Å². The summed E-state index contributed by atoms with van der Waals surface area (Å²) in [5, 5.41) is 5.25. The Kier molecular flexibility index (Phi) is 4.89. The molecule has 10 nitrogen and oxygen atoms in total. The molecule has 2 aliphatic heterocycles. The van der Waals surface area contributed by atoms with Gasteiger partial charge in [0, 0.05) is 5.69 Å². The van der Waals surface area contributed by atoms with Crippen molar-refractivity contribution in [3.63, 3.8) is 0 Å². The van der Waals surface area contributed by atoms with Crippen molar-refractivity contribution in [3.05, 3.63) is 24.3 Å². The SMILES string of the molecule is COc1ccc(N(CN2C(=O)NC(C)(C)C2=O)CN2C(=O)NC(C)(C)C2=O)cc1. The molecule has 0 unspecified atom stereocenters. The summed E-state index contributed by atoms with van der Waals surface area (Å²) in [6, 6.07) is 5.83. The van der Waals surface area contributed by atoms with Crippen LogP contribution in [0, 0.1) is 0 Å². The zero-order valence-electron chi connectivity index (χ0n) is 17.1.